The average Bonchev–Trinajstić information content (AvgIpc) is 2.56. The quantitative estimate of drug-likeness (QED) is 0.777. The van der Waals surface area contributed by atoms with Gasteiger partial charge in [-0.1, -0.05) is 0 Å². The molecular formula is C13H15F2N3O2. The van der Waals surface area contributed by atoms with Crippen molar-refractivity contribution in [2.75, 3.05) is 32.4 Å². The maximum absolute atomic E-state index is 13.2. The maximum atomic E-state index is 13.2. The third-order valence-electron chi connectivity index (χ3n) is 3.28. The number of nitrogens with two attached hydrogens (primary N) is 1. The molecule has 1 aliphatic heterocycles. The molecule has 0 atom stereocenters. The number of benzene rings is 1. The Morgan fingerprint density at radius 1 is 1.25 bits per heavy atom. The van der Waals surface area contributed by atoms with Crippen LogP contribution in [0.4, 0.5) is 14.5 Å². The van der Waals surface area contributed by atoms with E-state index in [1.807, 2.05) is 0 Å². The zero-order chi connectivity index (χ0) is 14.9. The van der Waals surface area contributed by atoms with E-state index in [0.717, 1.165) is 12.1 Å². The summed E-state index contributed by atoms with van der Waals surface area (Å²) in [5, 5.41) is 0. The van der Waals surface area contributed by atoms with Gasteiger partial charge in [0.05, 0.1) is 5.56 Å². The fraction of sp³-hybridized carbons (Fsp3) is 0.385. The molecule has 7 heteroatoms. The molecular weight excluding hydrogens is 268 g/mol. The Balaban J connectivity index is 2.27. The first-order chi connectivity index (χ1) is 9.40. The zero-order valence-corrected chi connectivity index (χ0v) is 11.0. The second-order valence-electron chi connectivity index (χ2n) is 4.75. The first kappa shape index (κ1) is 14.2. The fourth-order valence-corrected chi connectivity index (χ4v) is 2.08. The molecule has 1 aliphatic rings. The minimum absolute atomic E-state index is 0.0895. The molecule has 0 aromatic heterocycles. The molecule has 1 fully saturated rings. The van der Waals surface area contributed by atoms with E-state index in [9.17, 15) is 18.4 Å². The summed E-state index contributed by atoms with van der Waals surface area (Å²) in [5.74, 6) is -3.01. The van der Waals surface area contributed by atoms with E-state index in [-0.39, 0.29) is 23.7 Å². The molecule has 2 rings (SSSR count). The van der Waals surface area contributed by atoms with Crippen molar-refractivity contribution in [3.8, 4) is 0 Å². The number of carbonyl (C=O) groups is 2. The van der Waals surface area contributed by atoms with Crippen molar-refractivity contribution >= 4 is 17.5 Å². The number of carbonyl (C=O) groups excluding carboxylic acids is 2. The molecule has 1 aromatic carbocycles. The SMILES string of the molecule is CN1CCCN(C(=O)c2cc(F)c(F)cc2N)CC1=O. The van der Waals surface area contributed by atoms with Crippen LogP contribution in [0.3, 0.4) is 0 Å². The molecule has 0 bridgehead atoms. The summed E-state index contributed by atoms with van der Waals surface area (Å²) in [6.45, 7) is 0.830. The van der Waals surface area contributed by atoms with E-state index in [1.54, 1.807) is 7.05 Å². The van der Waals surface area contributed by atoms with Gasteiger partial charge >= 0.3 is 0 Å². The molecule has 0 saturated carbocycles. The van der Waals surface area contributed by atoms with E-state index in [1.165, 1.54) is 9.80 Å². The molecule has 2 amide bonds. The predicted molar refractivity (Wildman–Crippen MR) is 68.9 cm³/mol. The molecule has 0 unspecified atom stereocenters. The van der Waals surface area contributed by atoms with Crippen molar-refractivity contribution < 1.29 is 18.4 Å². The molecule has 2 N–H and O–H groups in total. The number of anilines is 1. The van der Waals surface area contributed by atoms with Crippen LogP contribution < -0.4 is 5.73 Å². The number of likely N-dealkylation sites (N-methyl/N-ethyl adjacent to an activating group) is 1. The average molecular weight is 283 g/mol. The Bertz CT molecular complexity index is 563. The van der Waals surface area contributed by atoms with Gasteiger partial charge in [-0.05, 0) is 12.5 Å². The molecule has 0 aliphatic carbocycles. The van der Waals surface area contributed by atoms with Gasteiger partial charge in [0.2, 0.25) is 5.91 Å². The van der Waals surface area contributed by atoms with Crippen LogP contribution in [0.5, 0.6) is 0 Å². The molecule has 1 aromatic rings. The van der Waals surface area contributed by atoms with Crippen LogP contribution in [-0.2, 0) is 4.79 Å². The highest BCUT2D eigenvalue weighted by atomic mass is 19.2. The minimum atomic E-state index is -1.14. The van der Waals surface area contributed by atoms with Crippen molar-refractivity contribution in [3.05, 3.63) is 29.3 Å². The van der Waals surface area contributed by atoms with Crippen LogP contribution in [0.2, 0.25) is 0 Å². The largest absolute Gasteiger partial charge is 0.398 e. The fourth-order valence-electron chi connectivity index (χ4n) is 2.08. The van der Waals surface area contributed by atoms with Crippen molar-refractivity contribution in [2.24, 2.45) is 0 Å². The lowest BCUT2D eigenvalue weighted by molar-refractivity contribution is -0.129. The van der Waals surface area contributed by atoms with Crippen LogP contribution in [0.15, 0.2) is 12.1 Å². The van der Waals surface area contributed by atoms with Gasteiger partial charge in [0, 0.05) is 31.9 Å². The van der Waals surface area contributed by atoms with Gasteiger partial charge in [-0.2, -0.15) is 0 Å². The highest BCUT2D eigenvalue weighted by Crippen LogP contribution is 2.19. The number of hydrogen-bond donors (Lipinski definition) is 1. The van der Waals surface area contributed by atoms with Gasteiger partial charge in [0.25, 0.3) is 5.91 Å². The summed E-state index contributed by atoms with van der Waals surface area (Å²) in [6, 6.07) is 1.54. The van der Waals surface area contributed by atoms with Gasteiger partial charge < -0.3 is 15.5 Å². The standard InChI is InChI=1S/C13H15F2N3O2/c1-17-3-2-4-18(7-12(17)19)13(20)8-5-9(14)10(15)6-11(8)16/h5-6H,2-4,7,16H2,1H3. The Morgan fingerprint density at radius 3 is 2.60 bits per heavy atom. The molecule has 20 heavy (non-hydrogen) atoms. The third-order valence-corrected chi connectivity index (χ3v) is 3.28. The first-order valence-electron chi connectivity index (χ1n) is 6.18. The van der Waals surface area contributed by atoms with Gasteiger partial charge in [-0.3, -0.25) is 9.59 Å². The van der Waals surface area contributed by atoms with Gasteiger partial charge in [0.1, 0.15) is 6.54 Å². The summed E-state index contributed by atoms with van der Waals surface area (Å²) < 4.78 is 26.2. The molecule has 1 saturated heterocycles. The van der Waals surface area contributed by atoms with E-state index >= 15 is 0 Å². The number of hydrogen-bond acceptors (Lipinski definition) is 3. The van der Waals surface area contributed by atoms with Crippen molar-refractivity contribution in [2.45, 2.75) is 6.42 Å². The van der Waals surface area contributed by atoms with Gasteiger partial charge in [-0.25, -0.2) is 8.78 Å². The highest BCUT2D eigenvalue weighted by Gasteiger charge is 2.25. The smallest absolute Gasteiger partial charge is 0.256 e. The number of amides is 2. The Labute approximate surface area is 114 Å². The van der Waals surface area contributed by atoms with Gasteiger partial charge in [0.15, 0.2) is 11.6 Å². The second kappa shape index (κ2) is 5.44. The lowest BCUT2D eigenvalue weighted by Crippen LogP contribution is -2.38. The number of halogens is 2. The number of nitrogen functional groups attached to an aromatic ring is 1. The van der Waals surface area contributed by atoms with Crippen molar-refractivity contribution in [1.29, 1.82) is 0 Å². The zero-order valence-electron chi connectivity index (χ0n) is 11.0. The monoisotopic (exact) mass is 283 g/mol. The summed E-state index contributed by atoms with van der Waals surface area (Å²) in [7, 11) is 1.65. The summed E-state index contributed by atoms with van der Waals surface area (Å²) in [5.41, 5.74) is 5.29. The van der Waals surface area contributed by atoms with E-state index in [2.05, 4.69) is 0 Å². The highest BCUT2D eigenvalue weighted by molar-refractivity contribution is 6.00. The Hall–Kier alpha value is -2.18. The van der Waals surface area contributed by atoms with Crippen LogP contribution in [0.25, 0.3) is 0 Å². The summed E-state index contributed by atoms with van der Waals surface area (Å²) in [4.78, 5) is 26.8. The first-order valence-corrected chi connectivity index (χ1v) is 6.18. The number of nitrogens with zero attached hydrogens (tertiary/aromatic N) is 2. The van der Waals surface area contributed by atoms with E-state index in [0.29, 0.717) is 19.5 Å². The van der Waals surface area contributed by atoms with Crippen LogP contribution in [0, 0.1) is 11.6 Å². The van der Waals surface area contributed by atoms with Crippen LogP contribution >= 0.6 is 0 Å². The van der Waals surface area contributed by atoms with Crippen LogP contribution in [0.1, 0.15) is 16.8 Å². The molecule has 5 nitrogen and oxygen atoms in total. The van der Waals surface area contributed by atoms with Crippen molar-refractivity contribution in [1.82, 2.24) is 9.80 Å². The topological polar surface area (TPSA) is 66.6 Å². The molecule has 0 radical (unpaired) electrons. The predicted octanol–water partition coefficient (Wildman–Crippen LogP) is 0.851. The lowest BCUT2D eigenvalue weighted by Gasteiger charge is -2.20. The summed E-state index contributed by atoms with van der Waals surface area (Å²) >= 11 is 0. The lowest BCUT2D eigenvalue weighted by atomic mass is 10.1. The van der Waals surface area contributed by atoms with Crippen LogP contribution in [-0.4, -0.2) is 48.3 Å². The van der Waals surface area contributed by atoms with Gasteiger partial charge in [-0.15, -0.1) is 0 Å². The Kier molecular flexibility index (Phi) is 3.87. The minimum Gasteiger partial charge on any atom is -0.398 e. The number of rotatable bonds is 1. The van der Waals surface area contributed by atoms with E-state index < -0.39 is 17.5 Å². The third kappa shape index (κ3) is 2.71. The molecule has 1 heterocycles. The maximum Gasteiger partial charge on any atom is 0.256 e. The normalized spacial score (nSPS) is 16.2. The Morgan fingerprint density at radius 2 is 1.90 bits per heavy atom. The molecule has 0 spiro atoms. The second-order valence-corrected chi connectivity index (χ2v) is 4.75. The summed E-state index contributed by atoms with van der Waals surface area (Å²) in [6.07, 6.45) is 0.623. The van der Waals surface area contributed by atoms with Crippen molar-refractivity contribution in [3.63, 3.8) is 0 Å². The molecule has 108 valence electrons. The van der Waals surface area contributed by atoms with E-state index in [4.69, 9.17) is 5.73 Å².